The lowest BCUT2D eigenvalue weighted by molar-refractivity contribution is 0.796. The normalized spacial score (nSPS) is 13.5. The van der Waals surface area contributed by atoms with Crippen LogP contribution in [0.5, 0.6) is 0 Å². The summed E-state index contributed by atoms with van der Waals surface area (Å²) in [6.45, 7) is 4.00. The van der Waals surface area contributed by atoms with Gasteiger partial charge < -0.3 is 10.1 Å². The molecule has 68 valence electrons. The van der Waals surface area contributed by atoms with E-state index in [4.69, 9.17) is 5.73 Å². The second-order valence-electron chi connectivity index (χ2n) is 3.34. The SMILES string of the molecule is Cc1cccc2c(C(C)N)ncn12. The summed E-state index contributed by atoms with van der Waals surface area (Å²) in [4.78, 5) is 4.29. The number of hydrogen-bond acceptors (Lipinski definition) is 2. The van der Waals surface area contributed by atoms with Gasteiger partial charge in [0, 0.05) is 11.7 Å². The number of rotatable bonds is 1. The van der Waals surface area contributed by atoms with Crippen LogP contribution in [0, 0.1) is 6.92 Å². The van der Waals surface area contributed by atoms with Gasteiger partial charge in [-0.3, -0.25) is 0 Å². The van der Waals surface area contributed by atoms with Crippen molar-refractivity contribution in [1.29, 1.82) is 0 Å². The van der Waals surface area contributed by atoms with Crippen LogP contribution in [0.25, 0.3) is 5.52 Å². The molecule has 3 heteroatoms. The van der Waals surface area contributed by atoms with E-state index >= 15 is 0 Å². The number of fused-ring (bicyclic) bond motifs is 1. The van der Waals surface area contributed by atoms with Crippen LogP contribution in [-0.4, -0.2) is 9.38 Å². The van der Waals surface area contributed by atoms with Crippen LogP contribution in [0.4, 0.5) is 0 Å². The highest BCUT2D eigenvalue weighted by Crippen LogP contribution is 2.16. The second-order valence-corrected chi connectivity index (χ2v) is 3.34. The fourth-order valence-electron chi connectivity index (χ4n) is 1.53. The standard InChI is InChI=1S/C10H13N3/c1-7-4-3-5-9-10(8(2)11)12-6-13(7)9/h3-6,8H,11H2,1-2H3. The highest BCUT2D eigenvalue weighted by atomic mass is 15.0. The summed E-state index contributed by atoms with van der Waals surface area (Å²) in [6, 6.07) is 6.11. The summed E-state index contributed by atoms with van der Waals surface area (Å²) in [5, 5.41) is 0. The van der Waals surface area contributed by atoms with E-state index in [0.717, 1.165) is 11.2 Å². The monoisotopic (exact) mass is 175 g/mol. The molecule has 0 amide bonds. The molecule has 1 atom stereocenters. The lowest BCUT2D eigenvalue weighted by atomic mass is 10.2. The zero-order valence-corrected chi connectivity index (χ0v) is 7.86. The van der Waals surface area contributed by atoms with Crippen LogP contribution in [0.1, 0.15) is 24.4 Å². The maximum atomic E-state index is 5.80. The topological polar surface area (TPSA) is 43.3 Å². The smallest absolute Gasteiger partial charge is 0.0998 e. The second kappa shape index (κ2) is 2.85. The Hall–Kier alpha value is -1.35. The fraction of sp³-hybridized carbons (Fsp3) is 0.300. The molecule has 0 aliphatic carbocycles. The van der Waals surface area contributed by atoms with E-state index in [9.17, 15) is 0 Å². The predicted molar refractivity (Wildman–Crippen MR) is 52.5 cm³/mol. The molecule has 1 unspecified atom stereocenters. The number of nitrogens with two attached hydrogens (primary N) is 1. The third kappa shape index (κ3) is 1.21. The number of aryl methyl sites for hydroxylation is 1. The van der Waals surface area contributed by atoms with E-state index in [-0.39, 0.29) is 6.04 Å². The molecule has 2 N–H and O–H groups in total. The van der Waals surface area contributed by atoms with Gasteiger partial charge in [0.25, 0.3) is 0 Å². The van der Waals surface area contributed by atoms with Crippen LogP contribution in [0.3, 0.4) is 0 Å². The van der Waals surface area contributed by atoms with E-state index in [2.05, 4.69) is 22.4 Å². The minimum absolute atomic E-state index is 0.00759. The molecule has 2 aromatic heterocycles. The third-order valence-electron chi connectivity index (χ3n) is 2.24. The van der Waals surface area contributed by atoms with Crippen molar-refractivity contribution in [2.24, 2.45) is 5.73 Å². The number of imidazole rings is 1. The number of pyridine rings is 1. The van der Waals surface area contributed by atoms with E-state index in [1.54, 1.807) is 0 Å². The van der Waals surface area contributed by atoms with Gasteiger partial charge >= 0.3 is 0 Å². The van der Waals surface area contributed by atoms with E-state index in [1.807, 2.05) is 25.4 Å². The van der Waals surface area contributed by atoms with Crippen molar-refractivity contribution in [2.75, 3.05) is 0 Å². The Balaban J connectivity index is 2.75. The van der Waals surface area contributed by atoms with Crippen LogP contribution in [-0.2, 0) is 0 Å². The third-order valence-corrected chi connectivity index (χ3v) is 2.24. The summed E-state index contributed by atoms with van der Waals surface area (Å²) in [7, 11) is 0. The maximum Gasteiger partial charge on any atom is 0.0998 e. The van der Waals surface area contributed by atoms with Crippen molar-refractivity contribution in [1.82, 2.24) is 9.38 Å². The maximum absolute atomic E-state index is 5.80. The molecule has 0 saturated heterocycles. The average molecular weight is 175 g/mol. The first-order valence-corrected chi connectivity index (χ1v) is 4.38. The Morgan fingerprint density at radius 2 is 2.23 bits per heavy atom. The number of aromatic nitrogens is 2. The molecule has 0 saturated carbocycles. The van der Waals surface area contributed by atoms with Crippen LogP contribution in [0.2, 0.25) is 0 Å². The molecule has 0 radical (unpaired) electrons. The van der Waals surface area contributed by atoms with Crippen molar-refractivity contribution in [3.8, 4) is 0 Å². The summed E-state index contributed by atoms with van der Waals surface area (Å²) in [5.74, 6) is 0. The lowest BCUT2D eigenvalue weighted by Gasteiger charge is -2.02. The molecule has 0 bridgehead atoms. The lowest BCUT2D eigenvalue weighted by Crippen LogP contribution is -2.05. The number of nitrogens with zero attached hydrogens (tertiary/aromatic N) is 2. The first-order valence-electron chi connectivity index (χ1n) is 4.38. The van der Waals surface area contributed by atoms with Gasteiger partial charge in [0.15, 0.2) is 0 Å². The Kier molecular flexibility index (Phi) is 1.81. The summed E-state index contributed by atoms with van der Waals surface area (Å²) < 4.78 is 2.05. The van der Waals surface area contributed by atoms with Gasteiger partial charge in [-0.1, -0.05) is 6.07 Å². The molecule has 2 rings (SSSR count). The zero-order valence-electron chi connectivity index (χ0n) is 7.86. The van der Waals surface area contributed by atoms with Gasteiger partial charge in [0.1, 0.15) is 0 Å². The minimum atomic E-state index is -0.00759. The first-order chi connectivity index (χ1) is 6.20. The molecule has 0 aromatic carbocycles. The van der Waals surface area contributed by atoms with E-state index < -0.39 is 0 Å². The predicted octanol–water partition coefficient (Wildman–Crippen LogP) is 1.66. The van der Waals surface area contributed by atoms with E-state index in [1.165, 1.54) is 5.69 Å². The largest absolute Gasteiger partial charge is 0.323 e. The molecule has 2 aromatic rings. The molecule has 0 fully saturated rings. The Labute approximate surface area is 77.2 Å². The van der Waals surface area contributed by atoms with Crippen LogP contribution < -0.4 is 5.73 Å². The minimum Gasteiger partial charge on any atom is -0.323 e. The first kappa shape index (κ1) is 8.26. The number of hydrogen-bond donors (Lipinski definition) is 1. The van der Waals surface area contributed by atoms with Crippen molar-refractivity contribution in [3.63, 3.8) is 0 Å². The quantitative estimate of drug-likeness (QED) is 0.716. The van der Waals surface area contributed by atoms with Crippen molar-refractivity contribution in [3.05, 3.63) is 35.9 Å². The summed E-state index contributed by atoms with van der Waals surface area (Å²) >= 11 is 0. The van der Waals surface area contributed by atoms with Crippen LogP contribution in [0.15, 0.2) is 24.5 Å². The van der Waals surface area contributed by atoms with Gasteiger partial charge in [-0.05, 0) is 26.0 Å². The summed E-state index contributed by atoms with van der Waals surface area (Å²) in [6.07, 6.45) is 1.82. The molecular formula is C10H13N3. The van der Waals surface area contributed by atoms with Crippen molar-refractivity contribution >= 4 is 5.52 Å². The fourth-order valence-corrected chi connectivity index (χ4v) is 1.53. The Morgan fingerprint density at radius 3 is 2.92 bits per heavy atom. The Bertz CT molecular complexity index is 429. The Morgan fingerprint density at radius 1 is 1.46 bits per heavy atom. The molecule has 3 nitrogen and oxygen atoms in total. The zero-order chi connectivity index (χ0) is 9.42. The van der Waals surface area contributed by atoms with Gasteiger partial charge in [-0.25, -0.2) is 4.98 Å². The van der Waals surface area contributed by atoms with Gasteiger partial charge in [-0.15, -0.1) is 0 Å². The van der Waals surface area contributed by atoms with Gasteiger partial charge in [0.2, 0.25) is 0 Å². The molecule has 0 aliphatic rings. The van der Waals surface area contributed by atoms with Crippen molar-refractivity contribution in [2.45, 2.75) is 19.9 Å². The summed E-state index contributed by atoms with van der Waals surface area (Å²) in [5.41, 5.74) is 9.04. The molecule has 13 heavy (non-hydrogen) atoms. The van der Waals surface area contributed by atoms with Crippen LogP contribution >= 0.6 is 0 Å². The molecular weight excluding hydrogens is 162 g/mol. The van der Waals surface area contributed by atoms with Gasteiger partial charge in [0.05, 0.1) is 17.5 Å². The highest BCUT2D eigenvalue weighted by Gasteiger charge is 2.08. The molecule has 2 heterocycles. The van der Waals surface area contributed by atoms with Gasteiger partial charge in [-0.2, -0.15) is 0 Å². The molecule has 0 aliphatic heterocycles. The highest BCUT2D eigenvalue weighted by molar-refractivity contribution is 5.53. The van der Waals surface area contributed by atoms with Crippen molar-refractivity contribution < 1.29 is 0 Å². The molecule has 0 spiro atoms. The van der Waals surface area contributed by atoms with E-state index in [0.29, 0.717) is 0 Å². The average Bonchev–Trinajstić information content (AvgIpc) is 2.48.